The Kier molecular flexibility index (Phi) is 3.64. The highest BCUT2D eigenvalue weighted by Gasteiger charge is 2.24. The zero-order valence-corrected chi connectivity index (χ0v) is 14.5. The van der Waals surface area contributed by atoms with Gasteiger partial charge in [0.25, 0.3) is 0 Å². The summed E-state index contributed by atoms with van der Waals surface area (Å²) in [5.41, 5.74) is 4.37. The molecule has 1 N–H and O–H groups in total. The molecule has 0 radical (unpaired) electrons. The molecular formula is C20H21N5O. The Hall–Kier alpha value is -2.86. The number of benzene rings is 1. The Morgan fingerprint density at radius 3 is 2.69 bits per heavy atom. The summed E-state index contributed by atoms with van der Waals surface area (Å²) in [6, 6.07) is 14.4. The van der Waals surface area contributed by atoms with E-state index in [1.54, 1.807) is 0 Å². The Balaban J connectivity index is 1.33. The van der Waals surface area contributed by atoms with E-state index in [0.29, 0.717) is 0 Å². The fraction of sp³-hybridized carbons (Fsp3) is 0.300. The van der Waals surface area contributed by atoms with E-state index in [9.17, 15) is 4.79 Å². The van der Waals surface area contributed by atoms with Crippen LogP contribution in [0.5, 0.6) is 0 Å². The van der Waals surface area contributed by atoms with Gasteiger partial charge in [0.1, 0.15) is 0 Å². The quantitative estimate of drug-likeness (QED) is 0.620. The third kappa shape index (κ3) is 2.54. The number of rotatable bonds is 3. The van der Waals surface area contributed by atoms with Crippen molar-refractivity contribution in [2.75, 3.05) is 13.1 Å². The molecule has 0 bridgehead atoms. The van der Waals surface area contributed by atoms with Crippen LogP contribution >= 0.6 is 0 Å². The number of nitrogens with one attached hydrogen (secondary N) is 1. The van der Waals surface area contributed by atoms with Gasteiger partial charge in [-0.15, -0.1) is 0 Å². The van der Waals surface area contributed by atoms with E-state index in [4.69, 9.17) is 0 Å². The van der Waals surface area contributed by atoms with E-state index >= 15 is 0 Å². The Labute approximate surface area is 150 Å². The van der Waals surface area contributed by atoms with Crippen LogP contribution < -0.4 is 5.69 Å². The second kappa shape index (κ2) is 6.14. The van der Waals surface area contributed by atoms with Crippen molar-refractivity contribution in [2.24, 2.45) is 0 Å². The van der Waals surface area contributed by atoms with Crippen molar-refractivity contribution in [3.05, 3.63) is 70.9 Å². The normalized spacial score (nSPS) is 16.6. The molecule has 0 atom stereocenters. The number of aromatic nitrogens is 4. The summed E-state index contributed by atoms with van der Waals surface area (Å²) in [5, 5.41) is 4.43. The van der Waals surface area contributed by atoms with Crippen LogP contribution in [0.3, 0.4) is 0 Å². The summed E-state index contributed by atoms with van der Waals surface area (Å²) in [6.07, 6.45) is 5.92. The average Bonchev–Trinajstić information content (AvgIpc) is 3.23. The molecule has 0 spiro atoms. The van der Waals surface area contributed by atoms with Crippen LogP contribution in [-0.4, -0.2) is 37.2 Å². The van der Waals surface area contributed by atoms with E-state index in [2.05, 4.69) is 27.1 Å². The number of hydrogen-bond donors (Lipinski definition) is 1. The first-order chi connectivity index (χ1) is 12.8. The number of hydrogen-bond acceptors (Lipinski definition) is 3. The molecule has 1 aliphatic rings. The maximum atomic E-state index is 12.4. The zero-order valence-electron chi connectivity index (χ0n) is 14.5. The first-order valence-corrected chi connectivity index (χ1v) is 9.12. The SMILES string of the molecule is O=c1[nH]c2ccccc2n1C1CCN(Cc2cnn3ccccc23)CC1. The molecule has 1 saturated heterocycles. The van der Waals surface area contributed by atoms with Crippen molar-refractivity contribution in [1.29, 1.82) is 0 Å². The minimum absolute atomic E-state index is 0.00674. The first-order valence-electron chi connectivity index (χ1n) is 9.12. The summed E-state index contributed by atoms with van der Waals surface area (Å²) in [7, 11) is 0. The number of nitrogens with zero attached hydrogens (tertiary/aromatic N) is 4. The van der Waals surface area contributed by atoms with Gasteiger partial charge < -0.3 is 4.98 Å². The highest BCUT2D eigenvalue weighted by Crippen LogP contribution is 2.26. The lowest BCUT2D eigenvalue weighted by molar-refractivity contribution is 0.180. The fourth-order valence-corrected chi connectivity index (χ4v) is 4.12. The fourth-order valence-electron chi connectivity index (χ4n) is 4.12. The Morgan fingerprint density at radius 1 is 1.04 bits per heavy atom. The third-order valence-corrected chi connectivity index (χ3v) is 5.45. The Bertz CT molecular complexity index is 1110. The second-order valence-electron chi connectivity index (χ2n) is 7.02. The number of piperidine rings is 1. The van der Waals surface area contributed by atoms with E-state index in [-0.39, 0.29) is 11.7 Å². The maximum Gasteiger partial charge on any atom is 0.326 e. The molecule has 1 aromatic carbocycles. The van der Waals surface area contributed by atoms with Gasteiger partial charge in [-0.3, -0.25) is 9.47 Å². The lowest BCUT2D eigenvalue weighted by Gasteiger charge is -2.32. The summed E-state index contributed by atoms with van der Waals surface area (Å²) in [5.74, 6) is 0. The van der Waals surface area contributed by atoms with Crippen LogP contribution in [0, 0.1) is 0 Å². The minimum Gasteiger partial charge on any atom is -0.306 e. The van der Waals surface area contributed by atoms with Crippen LogP contribution in [0.2, 0.25) is 0 Å². The molecule has 0 saturated carbocycles. The van der Waals surface area contributed by atoms with Crippen LogP contribution in [0.1, 0.15) is 24.4 Å². The second-order valence-corrected chi connectivity index (χ2v) is 7.02. The van der Waals surface area contributed by atoms with Crippen molar-refractivity contribution >= 4 is 16.6 Å². The van der Waals surface area contributed by atoms with Crippen molar-refractivity contribution in [3.8, 4) is 0 Å². The molecule has 1 aliphatic heterocycles. The molecule has 0 aliphatic carbocycles. The number of aromatic amines is 1. The van der Waals surface area contributed by atoms with Gasteiger partial charge in [0.05, 0.1) is 22.7 Å². The van der Waals surface area contributed by atoms with Crippen molar-refractivity contribution in [1.82, 2.24) is 24.1 Å². The predicted molar refractivity (Wildman–Crippen MR) is 101 cm³/mol. The van der Waals surface area contributed by atoms with Crippen molar-refractivity contribution in [2.45, 2.75) is 25.4 Å². The largest absolute Gasteiger partial charge is 0.326 e. The van der Waals surface area contributed by atoms with Crippen molar-refractivity contribution in [3.63, 3.8) is 0 Å². The van der Waals surface area contributed by atoms with Gasteiger partial charge in [-0.25, -0.2) is 9.31 Å². The summed E-state index contributed by atoms with van der Waals surface area (Å²) in [6.45, 7) is 2.88. The van der Waals surface area contributed by atoms with Crippen molar-refractivity contribution < 1.29 is 0 Å². The molecule has 6 nitrogen and oxygen atoms in total. The highest BCUT2D eigenvalue weighted by molar-refractivity contribution is 5.75. The number of H-pyrrole nitrogens is 1. The molecule has 1 fully saturated rings. The molecule has 0 amide bonds. The molecule has 4 aromatic rings. The zero-order chi connectivity index (χ0) is 17.5. The average molecular weight is 347 g/mol. The van der Waals surface area contributed by atoms with Gasteiger partial charge in [0, 0.05) is 37.4 Å². The molecule has 4 heterocycles. The number of para-hydroxylation sites is 2. The summed E-state index contributed by atoms with van der Waals surface area (Å²) < 4.78 is 3.87. The van der Waals surface area contributed by atoms with Crippen LogP contribution in [-0.2, 0) is 6.54 Å². The highest BCUT2D eigenvalue weighted by atomic mass is 16.1. The lowest BCUT2D eigenvalue weighted by atomic mass is 10.0. The number of pyridine rings is 1. The molecule has 0 unspecified atom stereocenters. The van der Waals surface area contributed by atoms with Gasteiger partial charge in [-0.05, 0) is 37.1 Å². The topological polar surface area (TPSA) is 58.3 Å². The molecule has 26 heavy (non-hydrogen) atoms. The number of likely N-dealkylation sites (tertiary alicyclic amines) is 1. The molecule has 3 aromatic heterocycles. The molecule has 132 valence electrons. The lowest BCUT2D eigenvalue weighted by Crippen LogP contribution is -2.36. The smallest absolute Gasteiger partial charge is 0.306 e. The standard InChI is InChI=1S/C20H21N5O/c26-20-22-17-5-1-2-7-19(17)25(20)16-8-11-23(12-9-16)14-15-13-21-24-10-4-3-6-18(15)24/h1-7,10,13,16H,8-9,11-12,14H2,(H,22,26). The summed E-state index contributed by atoms with van der Waals surface area (Å²) >= 11 is 0. The third-order valence-electron chi connectivity index (χ3n) is 5.45. The number of fused-ring (bicyclic) bond motifs is 2. The Morgan fingerprint density at radius 2 is 1.81 bits per heavy atom. The minimum atomic E-state index is 0.00674. The first kappa shape index (κ1) is 15.4. The summed E-state index contributed by atoms with van der Waals surface area (Å²) in [4.78, 5) is 17.8. The van der Waals surface area contributed by atoms with Gasteiger partial charge in [0.2, 0.25) is 0 Å². The molecule has 6 heteroatoms. The molecular weight excluding hydrogens is 326 g/mol. The molecule has 5 rings (SSSR count). The number of imidazole rings is 1. The monoisotopic (exact) mass is 347 g/mol. The maximum absolute atomic E-state index is 12.4. The van der Waals surface area contributed by atoms with E-state index < -0.39 is 0 Å². The van der Waals surface area contributed by atoms with Gasteiger partial charge in [-0.1, -0.05) is 18.2 Å². The van der Waals surface area contributed by atoms with E-state index in [1.165, 1.54) is 11.1 Å². The van der Waals surface area contributed by atoms with Gasteiger partial charge in [0.15, 0.2) is 0 Å². The van der Waals surface area contributed by atoms with E-state index in [1.807, 2.05) is 51.8 Å². The van der Waals surface area contributed by atoms with Gasteiger partial charge in [-0.2, -0.15) is 5.10 Å². The van der Waals surface area contributed by atoms with Gasteiger partial charge >= 0.3 is 5.69 Å². The van der Waals surface area contributed by atoms with Crippen LogP contribution in [0.4, 0.5) is 0 Å². The predicted octanol–water partition coefficient (Wildman–Crippen LogP) is 2.81. The van der Waals surface area contributed by atoms with Crippen LogP contribution in [0.15, 0.2) is 59.7 Å². The van der Waals surface area contributed by atoms with Crippen LogP contribution in [0.25, 0.3) is 16.6 Å². The van der Waals surface area contributed by atoms with E-state index in [0.717, 1.165) is 43.5 Å².